The van der Waals surface area contributed by atoms with Crippen LogP contribution in [0.1, 0.15) is 28.4 Å². The van der Waals surface area contributed by atoms with E-state index >= 15 is 0 Å². The normalized spacial score (nSPS) is 10.3. The molecule has 0 amide bonds. The molecule has 0 bridgehead atoms. The van der Waals surface area contributed by atoms with Crippen LogP contribution in [0.4, 0.5) is 5.69 Å². The van der Waals surface area contributed by atoms with Crippen LogP contribution in [0.2, 0.25) is 0 Å². The number of carbonyl (C=O) groups is 1. The fourth-order valence-corrected chi connectivity index (χ4v) is 1.93. The van der Waals surface area contributed by atoms with Crippen molar-refractivity contribution in [2.75, 3.05) is 5.73 Å². The zero-order valence-electron chi connectivity index (χ0n) is 10.2. The van der Waals surface area contributed by atoms with Crippen molar-refractivity contribution in [3.63, 3.8) is 0 Å². The van der Waals surface area contributed by atoms with Gasteiger partial charge in [0.05, 0.1) is 0 Å². The third-order valence-electron chi connectivity index (χ3n) is 2.86. The van der Waals surface area contributed by atoms with E-state index in [4.69, 9.17) is 5.73 Å². The molecule has 0 aromatic heterocycles. The van der Waals surface area contributed by atoms with Gasteiger partial charge in [0, 0.05) is 16.8 Å². The van der Waals surface area contributed by atoms with E-state index in [1.807, 2.05) is 6.92 Å². The Morgan fingerprint density at radius 1 is 1.22 bits per heavy atom. The zero-order chi connectivity index (χ0) is 13.1. The number of anilines is 1. The minimum atomic E-state index is -0.0702. The molecule has 0 fully saturated rings. The first-order valence-corrected chi connectivity index (χ1v) is 5.84. The van der Waals surface area contributed by atoms with Gasteiger partial charge in [-0.25, -0.2) is 0 Å². The molecule has 2 aromatic rings. The summed E-state index contributed by atoms with van der Waals surface area (Å²) in [6.45, 7) is 1.95. The summed E-state index contributed by atoms with van der Waals surface area (Å²) in [5.41, 5.74) is 8.26. The number of hydrogen-bond donors (Lipinski definition) is 2. The Bertz CT molecular complexity index is 591. The molecule has 3 N–H and O–H groups in total. The molecule has 0 saturated heterocycles. The highest BCUT2D eigenvalue weighted by molar-refractivity contribution is 6.10. The van der Waals surface area contributed by atoms with Gasteiger partial charge < -0.3 is 10.8 Å². The van der Waals surface area contributed by atoms with Gasteiger partial charge in [0.1, 0.15) is 5.75 Å². The van der Waals surface area contributed by atoms with E-state index in [0.717, 1.165) is 5.56 Å². The van der Waals surface area contributed by atoms with Gasteiger partial charge in [-0.2, -0.15) is 0 Å². The summed E-state index contributed by atoms with van der Waals surface area (Å²) in [5.74, 6) is 0.107. The Kier molecular flexibility index (Phi) is 3.33. The largest absolute Gasteiger partial charge is 0.508 e. The molecular formula is C15H15NO2. The fourth-order valence-electron chi connectivity index (χ4n) is 1.93. The summed E-state index contributed by atoms with van der Waals surface area (Å²) >= 11 is 0. The summed E-state index contributed by atoms with van der Waals surface area (Å²) in [4.78, 5) is 12.4. The van der Waals surface area contributed by atoms with E-state index in [1.54, 1.807) is 36.4 Å². The van der Waals surface area contributed by atoms with E-state index in [9.17, 15) is 9.90 Å². The Balaban J connectivity index is 2.46. The zero-order valence-corrected chi connectivity index (χ0v) is 10.2. The molecule has 0 atom stereocenters. The maximum absolute atomic E-state index is 12.4. The predicted molar refractivity (Wildman–Crippen MR) is 71.8 cm³/mol. The van der Waals surface area contributed by atoms with E-state index in [2.05, 4.69) is 0 Å². The molecule has 0 aliphatic rings. The highest BCUT2D eigenvalue weighted by atomic mass is 16.3. The SMILES string of the molecule is CCc1cc(O)ccc1C(=O)c1cccc(N)c1. The maximum Gasteiger partial charge on any atom is 0.193 e. The van der Waals surface area contributed by atoms with Gasteiger partial charge in [0.2, 0.25) is 0 Å². The van der Waals surface area contributed by atoms with E-state index in [0.29, 0.717) is 23.2 Å². The first-order chi connectivity index (χ1) is 8.61. The molecule has 2 aromatic carbocycles. The number of carbonyl (C=O) groups excluding carboxylic acids is 1. The van der Waals surface area contributed by atoms with Crippen LogP contribution in [0.3, 0.4) is 0 Å². The highest BCUT2D eigenvalue weighted by Gasteiger charge is 2.13. The molecule has 0 saturated carbocycles. The lowest BCUT2D eigenvalue weighted by molar-refractivity contribution is 0.103. The molecule has 0 spiro atoms. The van der Waals surface area contributed by atoms with E-state index in [1.165, 1.54) is 6.07 Å². The van der Waals surface area contributed by atoms with Crippen LogP contribution in [0.25, 0.3) is 0 Å². The van der Waals surface area contributed by atoms with Gasteiger partial charge in [0.25, 0.3) is 0 Å². The molecule has 0 heterocycles. The van der Waals surface area contributed by atoms with Gasteiger partial charge >= 0.3 is 0 Å². The number of aryl methyl sites for hydroxylation is 1. The first-order valence-electron chi connectivity index (χ1n) is 5.84. The molecule has 18 heavy (non-hydrogen) atoms. The highest BCUT2D eigenvalue weighted by Crippen LogP contribution is 2.21. The number of aromatic hydroxyl groups is 1. The number of benzene rings is 2. The quantitative estimate of drug-likeness (QED) is 0.641. The number of rotatable bonds is 3. The Hall–Kier alpha value is -2.29. The Morgan fingerprint density at radius 3 is 2.67 bits per heavy atom. The lowest BCUT2D eigenvalue weighted by atomic mass is 9.96. The van der Waals surface area contributed by atoms with E-state index < -0.39 is 0 Å². The molecule has 0 aliphatic carbocycles. The molecule has 0 radical (unpaired) electrons. The van der Waals surface area contributed by atoms with Crippen molar-refractivity contribution in [3.05, 3.63) is 59.2 Å². The van der Waals surface area contributed by atoms with E-state index in [-0.39, 0.29) is 11.5 Å². The second kappa shape index (κ2) is 4.92. The number of phenols is 1. The van der Waals surface area contributed by atoms with Gasteiger partial charge in [-0.3, -0.25) is 4.79 Å². The summed E-state index contributed by atoms with van der Waals surface area (Å²) in [6, 6.07) is 11.7. The minimum absolute atomic E-state index is 0.0702. The number of nitrogen functional groups attached to an aromatic ring is 1. The third-order valence-corrected chi connectivity index (χ3v) is 2.86. The first kappa shape index (κ1) is 12.2. The van der Waals surface area contributed by atoms with Crippen LogP contribution in [0.5, 0.6) is 5.75 Å². The molecule has 92 valence electrons. The monoisotopic (exact) mass is 241 g/mol. The molecular weight excluding hydrogens is 226 g/mol. The van der Waals surface area contributed by atoms with Crippen LogP contribution in [-0.2, 0) is 6.42 Å². The van der Waals surface area contributed by atoms with Crippen LogP contribution in [-0.4, -0.2) is 10.9 Å². The Labute approximate surface area is 106 Å². The lowest BCUT2D eigenvalue weighted by Crippen LogP contribution is -2.05. The fraction of sp³-hybridized carbons (Fsp3) is 0.133. The van der Waals surface area contributed by atoms with Crippen molar-refractivity contribution >= 4 is 11.5 Å². The summed E-state index contributed by atoms with van der Waals surface area (Å²) in [7, 11) is 0. The lowest BCUT2D eigenvalue weighted by Gasteiger charge is -2.08. The summed E-state index contributed by atoms with van der Waals surface area (Å²) < 4.78 is 0. The molecule has 0 unspecified atom stereocenters. The van der Waals surface area contributed by atoms with Gasteiger partial charge in [-0.1, -0.05) is 19.1 Å². The predicted octanol–water partition coefficient (Wildman–Crippen LogP) is 2.77. The number of hydrogen-bond acceptors (Lipinski definition) is 3. The average Bonchev–Trinajstić information content (AvgIpc) is 2.37. The molecule has 3 heteroatoms. The second-order valence-corrected chi connectivity index (χ2v) is 4.15. The van der Waals surface area contributed by atoms with Crippen molar-refractivity contribution in [3.8, 4) is 5.75 Å². The minimum Gasteiger partial charge on any atom is -0.508 e. The number of phenolic OH excluding ortho intramolecular Hbond substituents is 1. The Morgan fingerprint density at radius 2 is 2.00 bits per heavy atom. The van der Waals surface area contributed by atoms with Crippen LogP contribution >= 0.6 is 0 Å². The van der Waals surface area contributed by atoms with Crippen molar-refractivity contribution < 1.29 is 9.90 Å². The summed E-state index contributed by atoms with van der Waals surface area (Å²) in [6.07, 6.45) is 0.692. The van der Waals surface area contributed by atoms with Gasteiger partial charge in [-0.15, -0.1) is 0 Å². The van der Waals surface area contributed by atoms with Crippen molar-refractivity contribution in [1.82, 2.24) is 0 Å². The number of ketones is 1. The van der Waals surface area contributed by atoms with Crippen LogP contribution in [0.15, 0.2) is 42.5 Å². The van der Waals surface area contributed by atoms with Gasteiger partial charge in [0.15, 0.2) is 5.78 Å². The second-order valence-electron chi connectivity index (χ2n) is 4.15. The number of nitrogens with two attached hydrogens (primary N) is 1. The third kappa shape index (κ3) is 2.35. The standard InChI is InChI=1S/C15H15NO2/c1-2-10-9-13(17)6-7-14(10)15(18)11-4-3-5-12(16)8-11/h3-9,17H,2,16H2,1H3. The van der Waals surface area contributed by atoms with Crippen molar-refractivity contribution in [2.45, 2.75) is 13.3 Å². The van der Waals surface area contributed by atoms with Crippen molar-refractivity contribution in [2.24, 2.45) is 0 Å². The summed E-state index contributed by atoms with van der Waals surface area (Å²) in [5, 5.41) is 9.43. The maximum atomic E-state index is 12.4. The topological polar surface area (TPSA) is 63.3 Å². The molecule has 0 aliphatic heterocycles. The smallest absolute Gasteiger partial charge is 0.193 e. The van der Waals surface area contributed by atoms with Gasteiger partial charge in [-0.05, 0) is 42.3 Å². The molecule has 2 rings (SSSR count). The van der Waals surface area contributed by atoms with Crippen molar-refractivity contribution in [1.29, 1.82) is 0 Å². The van der Waals surface area contributed by atoms with Crippen LogP contribution < -0.4 is 5.73 Å². The van der Waals surface area contributed by atoms with Crippen LogP contribution in [0, 0.1) is 0 Å². The molecule has 3 nitrogen and oxygen atoms in total. The average molecular weight is 241 g/mol.